The van der Waals surface area contributed by atoms with Crippen molar-refractivity contribution in [2.75, 3.05) is 34.2 Å². The Balaban J connectivity index is 2.76. The average Bonchev–Trinajstić information content (AvgIpc) is 2.45. The van der Waals surface area contributed by atoms with E-state index in [9.17, 15) is 8.42 Å². The Kier molecular flexibility index (Phi) is 7.31. The van der Waals surface area contributed by atoms with Gasteiger partial charge < -0.3 is 10.2 Å². The Morgan fingerprint density at radius 1 is 1.29 bits per heavy atom. The Hall–Kier alpha value is -0.950. The summed E-state index contributed by atoms with van der Waals surface area (Å²) < 4.78 is 27.2. The summed E-state index contributed by atoms with van der Waals surface area (Å²) in [5, 5.41) is 3.19. The van der Waals surface area contributed by atoms with Crippen molar-refractivity contribution in [2.24, 2.45) is 0 Å². The van der Waals surface area contributed by atoms with Gasteiger partial charge in [-0.2, -0.15) is 0 Å². The van der Waals surface area contributed by atoms with Crippen LogP contribution in [0.15, 0.2) is 29.2 Å². The van der Waals surface area contributed by atoms with E-state index >= 15 is 0 Å². The minimum Gasteiger partial charge on any atom is -0.313 e. The van der Waals surface area contributed by atoms with Gasteiger partial charge in [-0.25, -0.2) is 13.1 Å². The predicted molar refractivity (Wildman–Crippen MR) is 86.9 cm³/mol. The molecule has 1 atom stereocenters. The molecule has 1 rings (SSSR count). The van der Waals surface area contributed by atoms with Gasteiger partial charge in [-0.3, -0.25) is 0 Å². The molecule has 0 spiro atoms. The second kappa shape index (κ2) is 8.48. The van der Waals surface area contributed by atoms with Gasteiger partial charge in [0.1, 0.15) is 0 Å². The molecule has 120 valence electrons. The highest BCUT2D eigenvalue weighted by atomic mass is 32.2. The fourth-order valence-electron chi connectivity index (χ4n) is 2.19. The largest absolute Gasteiger partial charge is 0.313 e. The summed E-state index contributed by atoms with van der Waals surface area (Å²) in [7, 11) is 2.40. The molecule has 0 aromatic heterocycles. The fraction of sp³-hybridized carbons (Fsp3) is 0.600. The van der Waals surface area contributed by atoms with Crippen molar-refractivity contribution in [1.82, 2.24) is 14.9 Å². The van der Waals surface area contributed by atoms with Crippen LogP contribution in [0.3, 0.4) is 0 Å². The number of sulfonamides is 1. The lowest BCUT2D eigenvalue weighted by molar-refractivity contribution is 0.400. The van der Waals surface area contributed by atoms with Gasteiger partial charge in [-0.1, -0.05) is 19.1 Å². The molecule has 0 fully saturated rings. The molecule has 0 saturated heterocycles. The summed E-state index contributed by atoms with van der Waals surface area (Å²) >= 11 is 0. The fourth-order valence-corrected chi connectivity index (χ4v) is 3.32. The van der Waals surface area contributed by atoms with Crippen molar-refractivity contribution in [1.29, 1.82) is 0 Å². The van der Waals surface area contributed by atoms with Crippen molar-refractivity contribution in [2.45, 2.75) is 30.7 Å². The third-order valence-electron chi connectivity index (χ3n) is 3.40. The molecule has 0 aliphatic rings. The predicted octanol–water partition coefficient (Wildman–Crippen LogP) is 1.59. The number of nitrogens with zero attached hydrogens (tertiary/aromatic N) is 1. The van der Waals surface area contributed by atoms with Gasteiger partial charge >= 0.3 is 0 Å². The zero-order valence-electron chi connectivity index (χ0n) is 13.4. The Bertz CT molecular complexity index is 525. The van der Waals surface area contributed by atoms with Gasteiger partial charge in [0.2, 0.25) is 10.0 Å². The first-order valence-electron chi connectivity index (χ1n) is 7.32. The van der Waals surface area contributed by atoms with Gasteiger partial charge in [-0.15, -0.1) is 0 Å². The highest BCUT2D eigenvalue weighted by Gasteiger charge is 2.15. The second-order valence-electron chi connectivity index (χ2n) is 5.38. The summed E-state index contributed by atoms with van der Waals surface area (Å²) in [6.45, 7) is 3.38. The molecule has 1 aromatic rings. The first-order chi connectivity index (χ1) is 9.90. The number of hydrogen-bond acceptors (Lipinski definition) is 4. The summed E-state index contributed by atoms with van der Waals surface area (Å²) in [5.41, 5.74) is 0.996. The first kappa shape index (κ1) is 18.1. The molecule has 0 heterocycles. The lowest BCUT2D eigenvalue weighted by Crippen LogP contribution is -2.27. The van der Waals surface area contributed by atoms with Crippen LogP contribution in [0, 0.1) is 0 Å². The highest BCUT2D eigenvalue weighted by molar-refractivity contribution is 7.89. The maximum absolute atomic E-state index is 12.3. The summed E-state index contributed by atoms with van der Waals surface area (Å²) in [5.74, 6) is 0. The molecule has 5 nitrogen and oxygen atoms in total. The van der Waals surface area contributed by atoms with E-state index in [1.165, 1.54) is 0 Å². The van der Waals surface area contributed by atoms with Gasteiger partial charge in [0.05, 0.1) is 4.90 Å². The van der Waals surface area contributed by atoms with Crippen LogP contribution in [-0.4, -0.2) is 47.6 Å². The smallest absolute Gasteiger partial charge is 0.240 e. The molecule has 0 aliphatic heterocycles. The molecule has 1 unspecified atom stereocenters. The molecule has 2 N–H and O–H groups in total. The van der Waals surface area contributed by atoms with E-state index < -0.39 is 10.0 Å². The second-order valence-corrected chi connectivity index (χ2v) is 7.14. The molecule has 1 aromatic carbocycles. The lowest BCUT2D eigenvalue weighted by atomic mass is 10.1. The van der Waals surface area contributed by atoms with E-state index in [1.54, 1.807) is 18.2 Å². The van der Waals surface area contributed by atoms with Crippen molar-refractivity contribution in [3.8, 4) is 0 Å². The van der Waals surface area contributed by atoms with Gasteiger partial charge in [-0.05, 0) is 58.2 Å². The molecular weight excluding hydrogens is 286 g/mol. The zero-order valence-corrected chi connectivity index (χ0v) is 14.2. The minimum absolute atomic E-state index is 0.175. The lowest BCUT2D eigenvalue weighted by Gasteiger charge is -2.16. The molecular formula is C15H27N3O2S. The first-order valence-corrected chi connectivity index (χ1v) is 8.80. The molecule has 0 aliphatic carbocycles. The highest BCUT2D eigenvalue weighted by Crippen LogP contribution is 2.19. The third kappa shape index (κ3) is 5.74. The van der Waals surface area contributed by atoms with E-state index in [1.807, 2.05) is 32.1 Å². The normalized spacial score (nSPS) is 13.6. The van der Waals surface area contributed by atoms with Crippen LogP contribution in [0.5, 0.6) is 0 Å². The number of nitrogens with one attached hydrogen (secondary N) is 2. The van der Waals surface area contributed by atoms with Crippen molar-refractivity contribution in [3.05, 3.63) is 29.8 Å². The van der Waals surface area contributed by atoms with Crippen LogP contribution in [0.1, 0.15) is 31.4 Å². The van der Waals surface area contributed by atoms with Crippen molar-refractivity contribution in [3.63, 3.8) is 0 Å². The molecule has 21 heavy (non-hydrogen) atoms. The van der Waals surface area contributed by atoms with Crippen molar-refractivity contribution >= 4 is 10.0 Å². The van der Waals surface area contributed by atoms with Gasteiger partial charge in [0, 0.05) is 12.6 Å². The molecule has 6 heteroatoms. The zero-order chi connectivity index (χ0) is 15.9. The van der Waals surface area contributed by atoms with E-state index in [2.05, 4.69) is 17.0 Å². The molecule has 0 saturated carbocycles. The van der Waals surface area contributed by atoms with E-state index in [0.29, 0.717) is 11.4 Å². The monoisotopic (exact) mass is 313 g/mol. The van der Waals surface area contributed by atoms with Crippen LogP contribution in [0.2, 0.25) is 0 Å². The quantitative estimate of drug-likeness (QED) is 0.680. The van der Waals surface area contributed by atoms with Crippen LogP contribution in [0.4, 0.5) is 0 Å². The third-order valence-corrected chi connectivity index (χ3v) is 4.86. The standard InChI is InChI=1S/C15H27N3O2S/c1-5-15(16-2)13-8-6-9-14(12-13)21(19,20)17-10-7-11-18(3)4/h6,8-9,12,15-17H,5,7,10-11H2,1-4H3. The number of benzene rings is 1. The maximum Gasteiger partial charge on any atom is 0.240 e. The summed E-state index contributed by atoms with van der Waals surface area (Å²) in [6.07, 6.45) is 1.70. The molecule has 0 radical (unpaired) electrons. The van der Waals surface area contributed by atoms with Crippen molar-refractivity contribution < 1.29 is 8.42 Å². The van der Waals surface area contributed by atoms with Crippen LogP contribution >= 0.6 is 0 Å². The Morgan fingerprint density at radius 3 is 2.57 bits per heavy atom. The Morgan fingerprint density at radius 2 is 2.00 bits per heavy atom. The van der Waals surface area contributed by atoms with Gasteiger partial charge in [0.25, 0.3) is 0 Å². The molecule has 0 amide bonds. The summed E-state index contributed by atoms with van der Waals surface area (Å²) in [6, 6.07) is 7.31. The van der Waals surface area contributed by atoms with Crippen LogP contribution in [0.25, 0.3) is 0 Å². The molecule has 0 bridgehead atoms. The topological polar surface area (TPSA) is 61.4 Å². The van der Waals surface area contributed by atoms with E-state index in [4.69, 9.17) is 0 Å². The van der Waals surface area contributed by atoms with E-state index in [0.717, 1.165) is 24.9 Å². The van der Waals surface area contributed by atoms with Crippen LogP contribution < -0.4 is 10.0 Å². The number of rotatable bonds is 9. The SMILES string of the molecule is CCC(NC)c1cccc(S(=O)(=O)NCCCN(C)C)c1. The van der Waals surface area contributed by atoms with Gasteiger partial charge in [0.15, 0.2) is 0 Å². The summed E-state index contributed by atoms with van der Waals surface area (Å²) in [4.78, 5) is 2.37. The van der Waals surface area contributed by atoms with Crippen LogP contribution in [-0.2, 0) is 10.0 Å². The number of hydrogen-bond donors (Lipinski definition) is 2. The van der Waals surface area contributed by atoms with E-state index in [-0.39, 0.29) is 6.04 Å². The average molecular weight is 313 g/mol. The Labute approximate surface area is 128 Å². The maximum atomic E-state index is 12.3. The minimum atomic E-state index is -3.43.